The molecule has 0 bridgehead atoms. The Hall–Kier alpha value is -1.06. The van der Waals surface area contributed by atoms with Crippen LogP contribution in [-0.4, -0.2) is 23.7 Å². The fraction of sp³-hybridized carbons (Fsp3) is 0.462. The number of amides is 1. The van der Waals surface area contributed by atoms with Crippen LogP contribution in [0.4, 0.5) is 0 Å². The van der Waals surface area contributed by atoms with Gasteiger partial charge in [-0.05, 0) is 24.5 Å². The van der Waals surface area contributed by atoms with Crippen molar-refractivity contribution in [2.45, 2.75) is 32.3 Å². The monoisotopic (exact) mass is 255 g/mol. The molecule has 1 aromatic rings. The number of hydrogen-bond donors (Lipinski definition) is 2. The zero-order valence-corrected chi connectivity index (χ0v) is 10.7. The topological polar surface area (TPSA) is 49.3 Å². The fourth-order valence-electron chi connectivity index (χ4n) is 1.46. The summed E-state index contributed by atoms with van der Waals surface area (Å²) in [4.78, 5) is 11.6. The highest BCUT2D eigenvalue weighted by Crippen LogP contribution is 2.15. The van der Waals surface area contributed by atoms with Gasteiger partial charge < -0.3 is 10.4 Å². The molecule has 1 aromatic carbocycles. The van der Waals surface area contributed by atoms with Gasteiger partial charge in [0.1, 0.15) is 0 Å². The van der Waals surface area contributed by atoms with Crippen molar-refractivity contribution in [3.63, 3.8) is 0 Å². The van der Waals surface area contributed by atoms with E-state index in [0.717, 1.165) is 5.56 Å². The summed E-state index contributed by atoms with van der Waals surface area (Å²) in [6.45, 7) is 2.41. The molecule has 0 aliphatic rings. The number of benzene rings is 1. The van der Waals surface area contributed by atoms with E-state index in [2.05, 4.69) is 5.32 Å². The molecule has 0 saturated carbocycles. The Labute approximate surface area is 107 Å². The van der Waals surface area contributed by atoms with Crippen LogP contribution in [0.25, 0.3) is 0 Å². The van der Waals surface area contributed by atoms with Crippen LogP contribution in [0.1, 0.15) is 25.3 Å². The molecule has 0 saturated heterocycles. The van der Waals surface area contributed by atoms with Crippen molar-refractivity contribution in [1.82, 2.24) is 5.32 Å². The minimum Gasteiger partial charge on any atom is -0.393 e. The summed E-state index contributed by atoms with van der Waals surface area (Å²) in [6, 6.07) is 7.30. The first-order valence-electron chi connectivity index (χ1n) is 5.81. The summed E-state index contributed by atoms with van der Waals surface area (Å²) < 4.78 is 0. The van der Waals surface area contributed by atoms with Crippen LogP contribution in [0.2, 0.25) is 5.02 Å². The van der Waals surface area contributed by atoms with E-state index in [9.17, 15) is 9.90 Å². The second-order valence-electron chi connectivity index (χ2n) is 3.97. The Morgan fingerprint density at radius 3 is 2.82 bits per heavy atom. The van der Waals surface area contributed by atoms with Crippen molar-refractivity contribution < 1.29 is 9.90 Å². The van der Waals surface area contributed by atoms with E-state index in [1.54, 1.807) is 6.07 Å². The molecule has 0 radical (unpaired) electrons. The molecular formula is C13H18ClNO2. The first-order chi connectivity index (χ1) is 8.13. The van der Waals surface area contributed by atoms with E-state index in [-0.39, 0.29) is 18.4 Å². The van der Waals surface area contributed by atoms with Gasteiger partial charge in [-0.1, -0.05) is 36.7 Å². The molecule has 94 valence electrons. The first-order valence-corrected chi connectivity index (χ1v) is 6.19. The first kappa shape index (κ1) is 14.0. The number of aliphatic hydroxyl groups excluding tert-OH is 1. The predicted molar refractivity (Wildman–Crippen MR) is 69.1 cm³/mol. The van der Waals surface area contributed by atoms with Gasteiger partial charge in [0.05, 0.1) is 12.5 Å². The summed E-state index contributed by atoms with van der Waals surface area (Å²) in [5, 5.41) is 12.7. The van der Waals surface area contributed by atoms with Crippen molar-refractivity contribution in [1.29, 1.82) is 0 Å². The second kappa shape index (κ2) is 7.30. The average molecular weight is 256 g/mol. The van der Waals surface area contributed by atoms with E-state index in [4.69, 9.17) is 11.6 Å². The zero-order valence-electron chi connectivity index (χ0n) is 9.95. The number of rotatable bonds is 6. The van der Waals surface area contributed by atoms with Crippen LogP contribution < -0.4 is 5.32 Å². The molecule has 3 nitrogen and oxygen atoms in total. The lowest BCUT2D eigenvalue weighted by atomic mass is 10.1. The minimum absolute atomic E-state index is 0.0681. The minimum atomic E-state index is -0.337. The number of halogens is 1. The molecule has 2 N–H and O–H groups in total. The van der Waals surface area contributed by atoms with Crippen molar-refractivity contribution in [3.8, 4) is 0 Å². The quantitative estimate of drug-likeness (QED) is 0.819. The smallest absolute Gasteiger partial charge is 0.224 e. The van der Waals surface area contributed by atoms with E-state index >= 15 is 0 Å². The maximum Gasteiger partial charge on any atom is 0.224 e. The summed E-state index contributed by atoms with van der Waals surface area (Å²) in [5.74, 6) is -0.0681. The lowest BCUT2D eigenvalue weighted by Gasteiger charge is -2.09. The van der Waals surface area contributed by atoms with Gasteiger partial charge in [0.25, 0.3) is 0 Å². The van der Waals surface area contributed by atoms with E-state index < -0.39 is 0 Å². The van der Waals surface area contributed by atoms with Gasteiger partial charge in [0.15, 0.2) is 0 Å². The third kappa shape index (κ3) is 5.20. The average Bonchev–Trinajstić information content (AvgIpc) is 2.32. The number of hydrogen-bond acceptors (Lipinski definition) is 2. The largest absolute Gasteiger partial charge is 0.393 e. The molecule has 0 aliphatic heterocycles. The van der Waals surface area contributed by atoms with Crippen LogP contribution in [0.5, 0.6) is 0 Å². The van der Waals surface area contributed by atoms with Crippen LogP contribution in [0, 0.1) is 0 Å². The molecule has 0 heterocycles. The number of carbonyl (C=O) groups is 1. The van der Waals surface area contributed by atoms with E-state index in [1.165, 1.54) is 0 Å². The van der Waals surface area contributed by atoms with Crippen molar-refractivity contribution in [2.24, 2.45) is 0 Å². The number of carbonyl (C=O) groups excluding carboxylic acids is 1. The van der Waals surface area contributed by atoms with E-state index in [1.807, 2.05) is 25.1 Å². The molecule has 0 fully saturated rings. The second-order valence-corrected chi connectivity index (χ2v) is 4.38. The van der Waals surface area contributed by atoms with Gasteiger partial charge >= 0.3 is 0 Å². The highest BCUT2D eigenvalue weighted by atomic mass is 35.5. The van der Waals surface area contributed by atoms with Crippen molar-refractivity contribution in [2.75, 3.05) is 6.54 Å². The van der Waals surface area contributed by atoms with Gasteiger partial charge in [-0.25, -0.2) is 0 Å². The fourth-order valence-corrected chi connectivity index (χ4v) is 1.66. The Morgan fingerprint density at radius 1 is 1.47 bits per heavy atom. The molecule has 1 rings (SSSR count). The molecule has 4 heteroatoms. The Morgan fingerprint density at radius 2 is 2.18 bits per heavy atom. The van der Waals surface area contributed by atoms with Gasteiger partial charge in [0, 0.05) is 11.6 Å². The third-order valence-electron chi connectivity index (χ3n) is 2.58. The number of aliphatic hydroxyl groups is 1. The van der Waals surface area contributed by atoms with Gasteiger partial charge in [-0.15, -0.1) is 0 Å². The lowest BCUT2D eigenvalue weighted by Crippen LogP contribution is -2.28. The van der Waals surface area contributed by atoms with Crippen molar-refractivity contribution >= 4 is 17.5 Å². The Kier molecular flexibility index (Phi) is 6.01. The van der Waals surface area contributed by atoms with E-state index in [0.29, 0.717) is 24.4 Å². The summed E-state index contributed by atoms with van der Waals surface area (Å²) in [6.07, 6.45) is 1.24. The summed E-state index contributed by atoms with van der Waals surface area (Å²) >= 11 is 5.96. The molecular weight excluding hydrogens is 238 g/mol. The lowest BCUT2D eigenvalue weighted by molar-refractivity contribution is -0.120. The predicted octanol–water partition coefficient (Wildman–Crippen LogP) is 2.16. The maximum atomic E-state index is 11.6. The zero-order chi connectivity index (χ0) is 12.7. The standard InChI is InChI=1S/C13H18ClNO2/c1-2-11(16)7-8-15-13(17)9-10-5-3-4-6-12(10)14/h3-6,11,16H,2,7-9H2,1H3,(H,15,17). The van der Waals surface area contributed by atoms with Crippen LogP contribution in [-0.2, 0) is 11.2 Å². The maximum absolute atomic E-state index is 11.6. The van der Waals surface area contributed by atoms with Crippen LogP contribution in [0.15, 0.2) is 24.3 Å². The Balaban J connectivity index is 2.33. The number of nitrogens with one attached hydrogen (secondary N) is 1. The van der Waals surface area contributed by atoms with Crippen LogP contribution in [0.3, 0.4) is 0 Å². The molecule has 0 aromatic heterocycles. The Bertz CT molecular complexity index is 368. The SMILES string of the molecule is CCC(O)CCNC(=O)Cc1ccccc1Cl. The normalized spacial score (nSPS) is 12.2. The third-order valence-corrected chi connectivity index (χ3v) is 2.95. The van der Waals surface area contributed by atoms with Gasteiger partial charge in [-0.2, -0.15) is 0 Å². The summed E-state index contributed by atoms with van der Waals surface area (Å²) in [7, 11) is 0. The molecule has 0 aliphatic carbocycles. The van der Waals surface area contributed by atoms with Gasteiger partial charge in [0.2, 0.25) is 5.91 Å². The summed E-state index contributed by atoms with van der Waals surface area (Å²) in [5.41, 5.74) is 0.822. The van der Waals surface area contributed by atoms with Gasteiger partial charge in [-0.3, -0.25) is 4.79 Å². The molecule has 0 spiro atoms. The molecule has 1 amide bonds. The highest BCUT2D eigenvalue weighted by Gasteiger charge is 2.07. The highest BCUT2D eigenvalue weighted by molar-refractivity contribution is 6.31. The molecule has 17 heavy (non-hydrogen) atoms. The molecule has 1 atom stereocenters. The van der Waals surface area contributed by atoms with Crippen LogP contribution >= 0.6 is 11.6 Å². The molecule has 1 unspecified atom stereocenters. The van der Waals surface area contributed by atoms with Crippen molar-refractivity contribution in [3.05, 3.63) is 34.9 Å².